The van der Waals surface area contributed by atoms with Crippen molar-refractivity contribution in [2.24, 2.45) is 0 Å². The van der Waals surface area contributed by atoms with E-state index in [9.17, 15) is 26.3 Å². The molecule has 1 radical (unpaired) electrons. The molecule has 0 aliphatic heterocycles. The fourth-order valence-electron chi connectivity index (χ4n) is 1.55. The van der Waals surface area contributed by atoms with Crippen molar-refractivity contribution in [3.8, 4) is 0 Å². The maximum absolute atomic E-state index is 12.6. The van der Waals surface area contributed by atoms with E-state index in [1.807, 2.05) is 6.07 Å². The van der Waals surface area contributed by atoms with Crippen molar-refractivity contribution >= 4 is 0 Å². The van der Waals surface area contributed by atoms with Gasteiger partial charge in [-0.3, -0.25) is 0 Å². The zero-order valence-electron chi connectivity index (χ0n) is 8.84. The van der Waals surface area contributed by atoms with Crippen molar-refractivity contribution in [3.63, 3.8) is 0 Å². The van der Waals surface area contributed by atoms with Crippen LogP contribution >= 0.6 is 0 Å². The standard InChI is InChI=1S/C11H9F6/c1-2-4-7-8(10(12,13)14)5-3-6-9(7)11(15,16)17/h5-6H,2,4H2,1H3. The van der Waals surface area contributed by atoms with Gasteiger partial charge in [0.25, 0.3) is 0 Å². The zero-order valence-corrected chi connectivity index (χ0v) is 8.84. The van der Waals surface area contributed by atoms with Crippen molar-refractivity contribution in [2.75, 3.05) is 0 Å². The molecule has 95 valence electrons. The molecule has 1 aromatic rings. The second-order valence-electron chi connectivity index (χ2n) is 3.51. The molecule has 0 unspecified atom stereocenters. The fourth-order valence-corrected chi connectivity index (χ4v) is 1.55. The first-order chi connectivity index (χ1) is 7.68. The van der Waals surface area contributed by atoms with E-state index in [2.05, 4.69) is 0 Å². The smallest absolute Gasteiger partial charge is 0.166 e. The molecule has 17 heavy (non-hydrogen) atoms. The molecule has 6 heteroatoms. The topological polar surface area (TPSA) is 0 Å². The van der Waals surface area contributed by atoms with Gasteiger partial charge in [-0.05, 0) is 30.2 Å². The Bertz CT molecular complexity index is 356. The van der Waals surface area contributed by atoms with Gasteiger partial charge in [0, 0.05) is 0 Å². The van der Waals surface area contributed by atoms with Crippen LogP contribution < -0.4 is 0 Å². The summed E-state index contributed by atoms with van der Waals surface area (Å²) in [7, 11) is 0. The normalized spacial score (nSPS) is 12.9. The number of hydrogen-bond donors (Lipinski definition) is 0. The van der Waals surface area contributed by atoms with E-state index < -0.39 is 29.0 Å². The van der Waals surface area contributed by atoms with Crippen molar-refractivity contribution in [3.05, 3.63) is 34.9 Å². The SMILES string of the molecule is CCCc1c(C(F)(F)F)c[c]cc1C(F)(F)F. The monoisotopic (exact) mass is 255 g/mol. The predicted octanol–water partition coefficient (Wildman–Crippen LogP) is 4.48. The van der Waals surface area contributed by atoms with Gasteiger partial charge < -0.3 is 0 Å². The fraction of sp³-hybridized carbons (Fsp3) is 0.455. The molecule has 0 aliphatic rings. The van der Waals surface area contributed by atoms with Crippen LogP contribution in [-0.4, -0.2) is 0 Å². The van der Waals surface area contributed by atoms with Gasteiger partial charge >= 0.3 is 12.4 Å². The lowest BCUT2D eigenvalue weighted by molar-refractivity contribution is -0.144. The summed E-state index contributed by atoms with van der Waals surface area (Å²) in [4.78, 5) is 0. The Morgan fingerprint density at radius 3 is 1.65 bits per heavy atom. The summed E-state index contributed by atoms with van der Waals surface area (Å²) in [5, 5.41) is 0. The van der Waals surface area contributed by atoms with E-state index in [1.165, 1.54) is 6.92 Å². The maximum atomic E-state index is 12.6. The van der Waals surface area contributed by atoms with Crippen LogP contribution in [0.3, 0.4) is 0 Å². The minimum atomic E-state index is -4.79. The summed E-state index contributed by atoms with van der Waals surface area (Å²) in [6.45, 7) is 1.52. The minimum Gasteiger partial charge on any atom is -0.166 e. The van der Waals surface area contributed by atoms with Gasteiger partial charge in [0.1, 0.15) is 0 Å². The first kappa shape index (κ1) is 13.9. The van der Waals surface area contributed by atoms with Crippen LogP contribution in [0.4, 0.5) is 26.3 Å². The van der Waals surface area contributed by atoms with Crippen LogP contribution in [0, 0.1) is 6.07 Å². The van der Waals surface area contributed by atoms with Gasteiger partial charge in [-0.25, -0.2) is 0 Å². The molecule has 0 atom stereocenters. The predicted molar refractivity (Wildman–Crippen MR) is 49.3 cm³/mol. The maximum Gasteiger partial charge on any atom is 0.416 e. The van der Waals surface area contributed by atoms with E-state index in [0.29, 0.717) is 12.1 Å². The van der Waals surface area contributed by atoms with E-state index in [0.717, 1.165) is 0 Å². The summed E-state index contributed by atoms with van der Waals surface area (Å²) in [5.74, 6) is 0. The van der Waals surface area contributed by atoms with Crippen LogP contribution in [0.25, 0.3) is 0 Å². The Morgan fingerprint density at radius 1 is 0.941 bits per heavy atom. The van der Waals surface area contributed by atoms with Crippen molar-refractivity contribution in [1.29, 1.82) is 0 Å². The molecule has 0 spiro atoms. The molecule has 0 aliphatic carbocycles. The third-order valence-corrected chi connectivity index (χ3v) is 2.22. The van der Waals surface area contributed by atoms with E-state index in [4.69, 9.17) is 0 Å². The first-order valence-electron chi connectivity index (χ1n) is 4.85. The molecule has 0 aromatic heterocycles. The van der Waals surface area contributed by atoms with Crippen LogP contribution in [-0.2, 0) is 18.8 Å². The Morgan fingerprint density at radius 2 is 1.35 bits per heavy atom. The Kier molecular flexibility index (Phi) is 3.74. The van der Waals surface area contributed by atoms with E-state index >= 15 is 0 Å². The summed E-state index contributed by atoms with van der Waals surface area (Å²) in [5.41, 5.74) is -3.21. The van der Waals surface area contributed by atoms with Gasteiger partial charge in [-0.15, -0.1) is 0 Å². The average molecular weight is 255 g/mol. The highest BCUT2D eigenvalue weighted by molar-refractivity contribution is 5.38. The van der Waals surface area contributed by atoms with Crippen molar-refractivity contribution in [1.82, 2.24) is 0 Å². The second-order valence-corrected chi connectivity index (χ2v) is 3.51. The number of benzene rings is 1. The molecular weight excluding hydrogens is 246 g/mol. The molecule has 0 fully saturated rings. The lowest BCUT2D eigenvalue weighted by atomic mass is 9.96. The molecule has 0 saturated carbocycles. The molecule has 0 heterocycles. The van der Waals surface area contributed by atoms with E-state index in [-0.39, 0.29) is 12.8 Å². The van der Waals surface area contributed by atoms with Gasteiger partial charge in [0.2, 0.25) is 0 Å². The van der Waals surface area contributed by atoms with E-state index in [1.54, 1.807) is 0 Å². The second kappa shape index (κ2) is 4.58. The Balaban J connectivity index is 3.43. The van der Waals surface area contributed by atoms with Gasteiger partial charge in [-0.1, -0.05) is 13.3 Å². The molecule has 1 aromatic carbocycles. The lowest BCUT2D eigenvalue weighted by Crippen LogP contribution is -2.16. The zero-order chi connectivity index (χ0) is 13.3. The molecule has 0 amide bonds. The van der Waals surface area contributed by atoms with Gasteiger partial charge in [-0.2, -0.15) is 26.3 Å². The third kappa shape index (κ3) is 3.14. The molecule has 0 N–H and O–H groups in total. The summed E-state index contributed by atoms with van der Waals surface area (Å²) in [6, 6.07) is 3.01. The van der Waals surface area contributed by atoms with Crippen LogP contribution in [0.1, 0.15) is 30.0 Å². The average Bonchev–Trinajstić information content (AvgIpc) is 2.15. The van der Waals surface area contributed by atoms with Gasteiger partial charge in [0.05, 0.1) is 11.1 Å². The van der Waals surface area contributed by atoms with Crippen molar-refractivity contribution < 1.29 is 26.3 Å². The van der Waals surface area contributed by atoms with Gasteiger partial charge in [0.15, 0.2) is 0 Å². The molecule has 1 rings (SSSR count). The minimum absolute atomic E-state index is 0.205. The number of halogens is 6. The summed E-state index contributed by atoms with van der Waals surface area (Å²) in [6.07, 6.45) is -9.64. The molecule has 0 nitrogen and oxygen atoms in total. The highest BCUT2D eigenvalue weighted by Crippen LogP contribution is 2.39. The summed E-state index contributed by atoms with van der Waals surface area (Å²) < 4.78 is 75.3. The molecule has 0 saturated heterocycles. The number of alkyl halides is 6. The quantitative estimate of drug-likeness (QED) is 0.683. The van der Waals surface area contributed by atoms with Crippen LogP contribution in [0.15, 0.2) is 12.1 Å². The highest BCUT2D eigenvalue weighted by atomic mass is 19.4. The van der Waals surface area contributed by atoms with Crippen LogP contribution in [0.5, 0.6) is 0 Å². The molecular formula is C11H9F6. The lowest BCUT2D eigenvalue weighted by Gasteiger charge is -2.17. The van der Waals surface area contributed by atoms with Crippen LogP contribution in [0.2, 0.25) is 0 Å². The van der Waals surface area contributed by atoms with Crippen molar-refractivity contribution in [2.45, 2.75) is 32.1 Å². The molecule has 0 bridgehead atoms. The Hall–Kier alpha value is -1.20. The highest BCUT2D eigenvalue weighted by Gasteiger charge is 2.39. The Labute approximate surface area is 94.2 Å². The number of rotatable bonds is 2. The summed E-state index contributed by atoms with van der Waals surface area (Å²) >= 11 is 0. The first-order valence-corrected chi connectivity index (χ1v) is 4.85. The number of hydrogen-bond acceptors (Lipinski definition) is 0. The third-order valence-electron chi connectivity index (χ3n) is 2.22. The largest absolute Gasteiger partial charge is 0.416 e.